The monoisotopic (exact) mass is 327 g/mol. The molecule has 0 atom stereocenters. The van der Waals surface area contributed by atoms with Crippen molar-refractivity contribution in [1.29, 1.82) is 0 Å². The van der Waals surface area contributed by atoms with Gasteiger partial charge in [0.25, 0.3) is 0 Å². The topological polar surface area (TPSA) is 75.6 Å². The molecule has 0 bridgehead atoms. The Hall–Kier alpha value is -2.66. The largest absolute Gasteiger partial charge is 0.444 e. The van der Waals surface area contributed by atoms with Crippen LogP contribution in [0.5, 0.6) is 0 Å². The average Bonchev–Trinajstić information content (AvgIpc) is 2.54. The van der Waals surface area contributed by atoms with E-state index < -0.39 is 11.7 Å². The number of anilines is 1. The molecule has 5 nitrogen and oxygen atoms in total. The summed E-state index contributed by atoms with van der Waals surface area (Å²) in [5.41, 5.74) is 1.40. The molecule has 0 saturated heterocycles. The smallest absolute Gasteiger partial charge is 0.411 e. The van der Waals surface area contributed by atoms with Gasteiger partial charge in [0.1, 0.15) is 12.2 Å². The second-order valence-electron chi connectivity index (χ2n) is 6.10. The van der Waals surface area contributed by atoms with Gasteiger partial charge in [0.05, 0.1) is 0 Å². The maximum absolute atomic E-state index is 11.9. The van der Waals surface area contributed by atoms with Gasteiger partial charge in [0.15, 0.2) is 5.78 Å². The number of carbonyl (C=O) groups is 2. The summed E-state index contributed by atoms with van der Waals surface area (Å²) in [6.45, 7) is 4.88. The molecule has 2 aromatic rings. The molecule has 0 aliphatic heterocycles. The van der Waals surface area contributed by atoms with E-state index in [0.717, 1.165) is 11.1 Å². The van der Waals surface area contributed by atoms with Crippen LogP contribution in [0.15, 0.2) is 48.5 Å². The molecule has 2 N–H and O–H groups in total. The molecule has 5 heteroatoms. The molecule has 24 heavy (non-hydrogen) atoms. The fourth-order valence-electron chi connectivity index (χ4n) is 2.11. The number of ether oxygens (including phenoxy) is 1. The number of aryl methyl sites for hydroxylation is 1. The molecule has 1 amide bonds. The van der Waals surface area contributed by atoms with Crippen molar-refractivity contribution in [2.45, 2.75) is 33.0 Å². The summed E-state index contributed by atoms with van der Waals surface area (Å²) in [5, 5.41) is 12.4. The molecular formula is C19H21NO4. The summed E-state index contributed by atoms with van der Waals surface area (Å²) >= 11 is 0. The lowest BCUT2D eigenvalue weighted by Gasteiger charge is -2.15. The van der Waals surface area contributed by atoms with Crippen LogP contribution in [0.3, 0.4) is 0 Å². The van der Waals surface area contributed by atoms with Crippen LogP contribution in [0, 0.1) is 6.92 Å². The Kier molecular flexibility index (Phi) is 5.36. The maximum Gasteiger partial charge on any atom is 0.411 e. The number of amides is 1. The number of hydrogen-bond donors (Lipinski definition) is 2. The highest BCUT2D eigenvalue weighted by Gasteiger charge is 2.24. The average molecular weight is 327 g/mol. The zero-order valence-electron chi connectivity index (χ0n) is 14.0. The number of nitrogens with one attached hydrogen (secondary N) is 1. The first kappa shape index (κ1) is 17.7. The van der Waals surface area contributed by atoms with Gasteiger partial charge in [-0.1, -0.05) is 42.5 Å². The highest BCUT2D eigenvalue weighted by Crippen LogP contribution is 2.15. The molecule has 2 aromatic carbocycles. The van der Waals surface area contributed by atoms with Crippen LogP contribution in [0.4, 0.5) is 10.5 Å². The Morgan fingerprint density at radius 2 is 1.71 bits per heavy atom. The van der Waals surface area contributed by atoms with E-state index in [1.54, 1.807) is 30.3 Å². The zero-order chi connectivity index (χ0) is 17.7. The molecule has 2 rings (SSSR count). The van der Waals surface area contributed by atoms with Gasteiger partial charge in [0, 0.05) is 11.3 Å². The summed E-state index contributed by atoms with van der Waals surface area (Å²) in [5.74, 6) is -0.354. The van der Waals surface area contributed by atoms with Gasteiger partial charge in [0.2, 0.25) is 0 Å². The van der Waals surface area contributed by atoms with Gasteiger partial charge in [-0.25, -0.2) is 4.79 Å². The van der Waals surface area contributed by atoms with E-state index in [1.165, 1.54) is 13.8 Å². The van der Waals surface area contributed by atoms with Gasteiger partial charge in [-0.3, -0.25) is 10.1 Å². The van der Waals surface area contributed by atoms with Crippen molar-refractivity contribution >= 4 is 17.6 Å². The molecule has 0 heterocycles. The lowest BCUT2D eigenvalue weighted by molar-refractivity contribution is 0.0488. The van der Waals surface area contributed by atoms with E-state index in [1.807, 2.05) is 25.1 Å². The maximum atomic E-state index is 11.9. The fourth-order valence-corrected chi connectivity index (χ4v) is 2.11. The SMILES string of the molecule is Cc1ccccc1NC(=O)OCc1ccc(C(=O)C(C)(C)O)cc1. The molecule has 0 aliphatic rings. The molecule has 126 valence electrons. The number of ketones is 1. The van der Waals surface area contributed by atoms with Crippen LogP contribution in [0.1, 0.15) is 35.3 Å². The van der Waals surface area contributed by atoms with E-state index in [4.69, 9.17) is 4.74 Å². The van der Waals surface area contributed by atoms with Crippen LogP contribution in [0.25, 0.3) is 0 Å². The molecule has 0 aromatic heterocycles. The van der Waals surface area contributed by atoms with Gasteiger partial charge in [-0.2, -0.15) is 0 Å². The van der Waals surface area contributed by atoms with E-state index in [-0.39, 0.29) is 12.4 Å². The van der Waals surface area contributed by atoms with Gasteiger partial charge in [-0.15, -0.1) is 0 Å². The number of hydrogen-bond acceptors (Lipinski definition) is 4. The molecule has 0 spiro atoms. The summed E-state index contributed by atoms with van der Waals surface area (Å²) < 4.78 is 5.17. The molecule has 0 radical (unpaired) electrons. The van der Waals surface area contributed by atoms with Crippen molar-refractivity contribution < 1.29 is 19.4 Å². The Bertz CT molecular complexity index is 730. The number of rotatable bonds is 5. The minimum absolute atomic E-state index is 0.0920. The Balaban J connectivity index is 1.92. The second-order valence-corrected chi connectivity index (χ2v) is 6.10. The van der Waals surface area contributed by atoms with E-state index in [9.17, 15) is 14.7 Å². The van der Waals surface area contributed by atoms with Crippen molar-refractivity contribution in [3.63, 3.8) is 0 Å². The van der Waals surface area contributed by atoms with Gasteiger partial charge < -0.3 is 9.84 Å². The zero-order valence-corrected chi connectivity index (χ0v) is 14.0. The van der Waals surface area contributed by atoms with Crippen molar-refractivity contribution in [2.75, 3.05) is 5.32 Å². The molecular weight excluding hydrogens is 306 g/mol. The van der Waals surface area contributed by atoms with E-state index in [2.05, 4.69) is 5.32 Å². The first-order chi connectivity index (χ1) is 11.3. The van der Waals surface area contributed by atoms with Crippen LogP contribution in [-0.2, 0) is 11.3 Å². The van der Waals surface area contributed by atoms with E-state index >= 15 is 0 Å². The lowest BCUT2D eigenvalue weighted by atomic mass is 9.96. The minimum Gasteiger partial charge on any atom is -0.444 e. The highest BCUT2D eigenvalue weighted by atomic mass is 16.5. The third-order valence-electron chi connectivity index (χ3n) is 3.52. The van der Waals surface area contributed by atoms with Crippen molar-refractivity contribution in [2.24, 2.45) is 0 Å². The molecule has 0 saturated carbocycles. The van der Waals surface area contributed by atoms with Crippen molar-refractivity contribution in [3.8, 4) is 0 Å². The van der Waals surface area contributed by atoms with Crippen molar-refractivity contribution in [1.82, 2.24) is 0 Å². The van der Waals surface area contributed by atoms with Gasteiger partial charge in [-0.05, 0) is 38.0 Å². The second kappa shape index (κ2) is 7.27. The summed E-state index contributed by atoms with van der Waals surface area (Å²) in [7, 11) is 0. The fraction of sp³-hybridized carbons (Fsp3) is 0.263. The summed E-state index contributed by atoms with van der Waals surface area (Å²) in [6.07, 6.45) is -0.541. The lowest BCUT2D eigenvalue weighted by Crippen LogP contribution is -2.31. The highest BCUT2D eigenvalue weighted by molar-refractivity contribution is 6.01. The predicted molar refractivity (Wildman–Crippen MR) is 92.1 cm³/mol. The molecule has 0 unspecified atom stereocenters. The normalized spacial score (nSPS) is 11.0. The Morgan fingerprint density at radius 3 is 2.29 bits per heavy atom. The number of benzene rings is 2. The third-order valence-corrected chi connectivity index (χ3v) is 3.52. The number of carbonyl (C=O) groups excluding carboxylic acids is 2. The summed E-state index contributed by atoms with van der Waals surface area (Å²) in [4.78, 5) is 23.8. The van der Waals surface area contributed by atoms with Crippen LogP contribution in [-0.4, -0.2) is 22.6 Å². The molecule has 0 aliphatic carbocycles. The van der Waals surface area contributed by atoms with Crippen LogP contribution >= 0.6 is 0 Å². The minimum atomic E-state index is -1.41. The number of Topliss-reactive ketones (excluding diaryl/α,β-unsaturated/α-hetero) is 1. The Labute approximate surface area is 141 Å². The third kappa shape index (κ3) is 4.67. The first-order valence-corrected chi connectivity index (χ1v) is 7.63. The number of aliphatic hydroxyl groups is 1. The molecule has 0 fully saturated rings. The Morgan fingerprint density at radius 1 is 1.08 bits per heavy atom. The predicted octanol–water partition coefficient (Wildman–Crippen LogP) is 3.70. The standard InChI is InChI=1S/C19H21NO4/c1-13-6-4-5-7-16(13)20-18(22)24-12-14-8-10-15(11-9-14)17(21)19(2,3)23/h4-11,23H,12H2,1-3H3,(H,20,22). The summed E-state index contributed by atoms with van der Waals surface area (Å²) in [6, 6.07) is 14.0. The quantitative estimate of drug-likeness (QED) is 0.821. The van der Waals surface area contributed by atoms with Gasteiger partial charge >= 0.3 is 6.09 Å². The van der Waals surface area contributed by atoms with E-state index in [0.29, 0.717) is 11.3 Å². The first-order valence-electron chi connectivity index (χ1n) is 7.63. The van der Waals surface area contributed by atoms with Crippen molar-refractivity contribution in [3.05, 3.63) is 65.2 Å². The van der Waals surface area contributed by atoms with Crippen LogP contribution < -0.4 is 5.32 Å². The number of para-hydroxylation sites is 1. The van der Waals surface area contributed by atoms with Crippen LogP contribution in [0.2, 0.25) is 0 Å².